The molecule has 2 aromatic carbocycles. The Balaban J connectivity index is 1.81. The fourth-order valence-electron chi connectivity index (χ4n) is 2.97. The minimum absolute atomic E-state index is 0.374. The monoisotopic (exact) mass is 411 g/mol. The predicted molar refractivity (Wildman–Crippen MR) is 118 cm³/mol. The molecule has 7 nitrogen and oxygen atoms in total. The molecule has 0 bridgehead atoms. The highest BCUT2D eigenvalue weighted by molar-refractivity contribution is 5.97. The van der Waals surface area contributed by atoms with Crippen molar-refractivity contribution in [2.24, 2.45) is 0 Å². The van der Waals surface area contributed by atoms with Crippen molar-refractivity contribution in [2.75, 3.05) is 23.4 Å². The number of amides is 2. The minimum Gasteiger partial charge on any atom is -0.454 e. The molecule has 0 heterocycles. The van der Waals surface area contributed by atoms with Crippen LogP contribution in [0.4, 0.5) is 11.4 Å². The smallest absolute Gasteiger partial charge is 0.328 e. The molecule has 0 radical (unpaired) electrons. The van der Waals surface area contributed by atoms with Gasteiger partial charge in [-0.25, -0.2) is 4.79 Å². The third kappa shape index (κ3) is 6.62. The van der Waals surface area contributed by atoms with Gasteiger partial charge in [-0.15, -0.1) is 0 Å². The number of carbonyl (C=O) groups excluding carboxylic acids is 3. The summed E-state index contributed by atoms with van der Waals surface area (Å²) in [7, 11) is 0. The molecule has 0 fully saturated rings. The third-order valence-electron chi connectivity index (χ3n) is 4.53. The molecule has 0 spiro atoms. The van der Waals surface area contributed by atoms with Gasteiger partial charge in [0, 0.05) is 29.5 Å². The van der Waals surface area contributed by atoms with E-state index < -0.39 is 24.5 Å². The zero-order valence-electron chi connectivity index (χ0n) is 17.8. The highest BCUT2D eigenvalue weighted by Crippen LogP contribution is 2.19. The number of benzene rings is 2. The van der Waals surface area contributed by atoms with Gasteiger partial charge in [-0.05, 0) is 64.1 Å². The molecule has 0 saturated carbocycles. The number of rotatable bonds is 9. The van der Waals surface area contributed by atoms with Crippen LogP contribution in [0.5, 0.6) is 0 Å². The summed E-state index contributed by atoms with van der Waals surface area (Å²) in [5, 5.41) is 5.25. The van der Waals surface area contributed by atoms with E-state index in [2.05, 4.69) is 36.3 Å². The molecule has 0 aliphatic heterocycles. The maximum absolute atomic E-state index is 12.1. The Bertz CT molecular complexity index is 851. The maximum atomic E-state index is 12.1. The molecule has 2 amide bonds. The van der Waals surface area contributed by atoms with Crippen molar-refractivity contribution >= 4 is 29.2 Å². The number of anilines is 2. The molecule has 2 aromatic rings. The van der Waals surface area contributed by atoms with Crippen LogP contribution >= 0.6 is 0 Å². The van der Waals surface area contributed by atoms with Crippen molar-refractivity contribution in [3.05, 3.63) is 60.2 Å². The Labute approximate surface area is 177 Å². The van der Waals surface area contributed by atoms with Gasteiger partial charge in [-0.3, -0.25) is 9.59 Å². The lowest BCUT2D eigenvalue weighted by molar-refractivity contribution is -0.148. The Morgan fingerprint density at radius 2 is 1.60 bits per heavy atom. The molecule has 0 unspecified atom stereocenters. The first kappa shape index (κ1) is 22.9. The zero-order chi connectivity index (χ0) is 22.1. The second kappa shape index (κ2) is 11.0. The van der Waals surface area contributed by atoms with Gasteiger partial charge in [-0.2, -0.15) is 0 Å². The zero-order valence-corrected chi connectivity index (χ0v) is 17.8. The molecule has 7 heteroatoms. The number of nitrogens with one attached hydrogen (secondary N) is 2. The van der Waals surface area contributed by atoms with Crippen LogP contribution in [0.3, 0.4) is 0 Å². The van der Waals surface area contributed by atoms with E-state index in [-0.39, 0.29) is 5.91 Å². The summed E-state index contributed by atoms with van der Waals surface area (Å²) in [5.41, 5.74) is 2.13. The highest BCUT2D eigenvalue weighted by Gasteiger charge is 2.19. The average Bonchev–Trinajstić information content (AvgIpc) is 2.74. The third-order valence-corrected chi connectivity index (χ3v) is 4.53. The van der Waals surface area contributed by atoms with Crippen molar-refractivity contribution in [2.45, 2.75) is 39.8 Å². The average molecular weight is 412 g/mol. The van der Waals surface area contributed by atoms with Crippen LogP contribution in [0.2, 0.25) is 0 Å². The molecule has 0 aromatic heterocycles. The second-order valence-corrected chi connectivity index (χ2v) is 7.14. The van der Waals surface area contributed by atoms with E-state index in [1.807, 2.05) is 24.3 Å². The summed E-state index contributed by atoms with van der Waals surface area (Å²) in [6, 6.07) is 15.5. The number of hydrogen-bond acceptors (Lipinski definition) is 5. The van der Waals surface area contributed by atoms with E-state index in [9.17, 15) is 14.4 Å². The summed E-state index contributed by atoms with van der Waals surface area (Å²) in [6.45, 7) is 8.30. The first-order valence-electron chi connectivity index (χ1n) is 10.0. The lowest BCUT2D eigenvalue weighted by Gasteiger charge is -2.27. The Morgan fingerprint density at radius 1 is 0.967 bits per heavy atom. The van der Waals surface area contributed by atoms with Gasteiger partial charge >= 0.3 is 5.97 Å². The van der Waals surface area contributed by atoms with Crippen molar-refractivity contribution in [1.29, 1.82) is 0 Å². The molecule has 1 atom stereocenters. The van der Waals surface area contributed by atoms with Gasteiger partial charge < -0.3 is 20.3 Å². The summed E-state index contributed by atoms with van der Waals surface area (Å²) < 4.78 is 5.01. The van der Waals surface area contributed by atoms with Gasteiger partial charge in [0.25, 0.3) is 11.8 Å². The standard InChI is InChI=1S/C23H29N3O4/c1-5-26(16(2)3)20-13-11-19(12-14-20)25-21(27)15-30-23(29)17(4)24-22(28)18-9-7-6-8-10-18/h6-14,16-17H,5,15H2,1-4H3,(H,24,28)(H,25,27)/t17-/m0/s1. The topological polar surface area (TPSA) is 87.7 Å². The molecular formula is C23H29N3O4. The molecule has 0 aliphatic rings. The Hall–Kier alpha value is -3.35. The first-order chi connectivity index (χ1) is 14.3. The molecule has 160 valence electrons. The molecule has 30 heavy (non-hydrogen) atoms. The van der Waals surface area contributed by atoms with Crippen molar-refractivity contribution < 1.29 is 19.1 Å². The fourth-order valence-corrected chi connectivity index (χ4v) is 2.97. The molecule has 2 rings (SSSR count). The Kier molecular flexibility index (Phi) is 8.41. The lowest BCUT2D eigenvalue weighted by Crippen LogP contribution is -2.40. The summed E-state index contributed by atoms with van der Waals surface area (Å²) in [6.07, 6.45) is 0. The van der Waals surface area contributed by atoms with Crippen LogP contribution in [-0.2, 0) is 14.3 Å². The van der Waals surface area contributed by atoms with Crippen LogP contribution in [0, 0.1) is 0 Å². The van der Waals surface area contributed by atoms with E-state index in [0.717, 1.165) is 12.2 Å². The van der Waals surface area contributed by atoms with Gasteiger partial charge in [0.1, 0.15) is 6.04 Å². The van der Waals surface area contributed by atoms with Crippen LogP contribution in [0.15, 0.2) is 54.6 Å². The summed E-state index contributed by atoms with van der Waals surface area (Å²) >= 11 is 0. The first-order valence-corrected chi connectivity index (χ1v) is 10.0. The summed E-state index contributed by atoms with van der Waals surface area (Å²) in [4.78, 5) is 38.5. The summed E-state index contributed by atoms with van der Waals surface area (Å²) in [5.74, 6) is -1.51. The molecule has 2 N–H and O–H groups in total. The number of nitrogens with zero attached hydrogens (tertiary/aromatic N) is 1. The highest BCUT2D eigenvalue weighted by atomic mass is 16.5. The van der Waals surface area contributed by atoms with E-state index in [4.69, 9.17) is 4.74 Å². The number of hydrogen-bond donors (Lipinski definition) is 2. The van der Waals surface area contributed by atoms with Crippen molar-refractivity contribution in [1.82, 2.24) is 5.32 Å². The molecule has 0 saturated heterocycles. The van der Waals surface area contributed by atoms with Gasteiger partial charge in [-0.1, -0.05) is 18.2 Å². The van der Waals surface area contributed by atoms with E-state index in [1.165, 1.54) is 6.92 Å². The molecule has 0 aliphatic carbocycles. The normalized spacial score (nSPS) is 11.5. The molecular weight excluding hydrogens is 382 g/mol. The Morgan fingerprint density at radius 3 is 2.17 bits per heavy atom. The van der Waals surface area contributed by atoms with Crippen LogP contribution < -0.4 is 15.5 Å². The second-order valence-electron chi connectivity index (χ2n) is 7.14. The quantitative estimate of drug-likeness (QED) is 0.619. The van der Waals surface area contributed by atoms with E-state index in [0.29, 0.717) is 17.3 Å². The minimum atomic E-state index is -0.874. The van der Waals surface area contributed by atoms with Crippen LogP contribution in [0.25, 0.3) is 0 Å². The van der Waals surface area contributed by atoms with Crippen molar-refractivity contribution in [3.8, 4) is 0 Å². The predicted octanol–water partition coefficient (Wildman–Crippen LogP) is 3.22. The fraction of sp³-hybridized carbons (Fsp3) is 0.348. The van der Waals surface area contributed by atoms with Gasteiger partial charge in [0.2, 0.25) is 0 Å². The van der Waals surface area contributed by atoms with E-state index >= 15 is 0 Å². The lowest BCUT2D eigenvalue weighted by atomic mass is 10.2. The van der Waals surface area contributed by atoms with Gasteiger partial charge in [0.15, 0.2) is 6.61 Å². The van der Waals surface area contributed by atoms with Crippen molar-refractivity contribution in [3.63, 3.8) is 0 Å². The number of esters is 1. The maximum Gasteiger partial charge on any atom is 0.328 e. The van der Waals surface area contributed by atoms with E-state index in [1.54, 1.807) is 30.3 Å². The SMILES string of the molecule is CCN(c1ccc(NC(=O)COC(=O)[C@H](C)NC(=O)c2ccccc2)cc1)C(C)C. The number of ether oxygens (including phenoxy) is 1. The van der Waals surface area contributed by atoms with Crippen LogP contribution in [0.1, 0.15) is 38.1 Å². The number of carbonyl (C=O) groups is 3. The van der Waals surface area contributed by atoms with Crippen LogP contribution in [-0.4, -0.2) is 43.0 Å². The largest absolute Gasteiger partial charge is 0.454 e. The van der Waals surface area contributed by atoms with Gasteiger partial charge in [0.05, 0.1) is 0 Å².